The molecule has 2 saturated heterocycles. The molecule has 6 heteroatoms. The molecular weight excluding hydrogens is 292 g/mol. The third-order valence-corrected chi connectivity index (χ3v) is 4.66. The second kappa shape index (κ2) is 7.27. The van der Waals surface area contributed by atoms with Crippen LogP contribution in [0.3, 0.4) is 0 Å². The molecule has 2 amide bonds. The summed E-state index contributed by atoms with van der Waals surface area (Å²) in [5, 5.41) is 2.99. The highest BCUT2D eigenvalue weighted by Gasteiger charge is 2.28. The van der Waals surface area contributed by atoms with E-state index in [1.807, 2.05) is 30.9 Å². The molecule has 1 aromatic rings. The van der Waals surface area contributed by atoms with Crippen LogP contribution >= 0.6 is 0 Å². The molecule has 1 atom stereocenters. The number of morpholine rings is 1. The molecule has 0 saturated carbocycles. The number of hydrogen-bond donors (Lipinski definition) is 1. The zero-order valence-corrected chi connectivity index (χ0v) is 14.0. The molecule has 0 aromatic carbocycles. The van der Waals surface area contributed by atoms with Crippen molar-refractivity contribution in [1.82, 2.24) is 14.8 Å². The Morgan fingerprint density at radius 2 is 2.09 bits per heavy atom. The van der Waals surface area contributed by atoms with Crippen LogP contribution in [0.1, 0.15) is 17.8 Å². The Morgan fingerprint density at radius 3 is 2.83 bits per heavy atom. The van der Waals surface area contributed by atoms with Gasteiger partial charge in [-0.15, -0.1) is 0 Å². The molecule has 23 heavy (non-hydrogen) atoms. The van der Waals surface area contributed by atoms with E-state index in [9.17, 15) is 4.79 Å². The summed E-state index contributed by atoms with van der Waals surface area (Å²) in [6.07, 6.45) is 1.08. The van der Waals surface area contributed by atoms with Crippen molar-refractivity contribution < 1.29 is 9.53 Å². The van der Waals surface area contributed by atoms with E-state index in [1.54, 1.807) is 0 Å². The SMILES string of the molecule is Cc1ccc(NC(=O)N2CCC(CN3CCOCC3)C2)c(C)n1. The zero-order valence-electron chi connectivity index (χ0n) is 14.0. The minimum absolute atomic E-state index is 0.0109. The molecule has 1 N–H and O–H groups in total. The summed E-state index contributed by atoms with van der Waals surface area (Å²) in [4.78, 5) is 21.2. The molecule has 0 spiro atoms. The van der Waals surface area contributed by atoms with Crippen molar-refractivity contribution in [2.45, 2.75) is 20.3 Å². The number of nitrogens with zero attached hydrogens (tertiary/aromatic N) is 3. The van der Waals surface area contributed by atoms with E-state index < -0.39 is 0 Å². The summed E-state index contributed by atoms with van der Waals surface area (Å²) in [7, 11) is 0. The number of ether oxygens (including phenoxy) is 1. The number of rotatable bonds is 3. The first-order valence-corrected chi connectivity index (χ1v) is 8.42. The largest absolute Gasteiger partial charge is 0.379 e. The Bertz CT molecular complexity index is 558. The Labute approximate surface area is 137 Å². The summed E-state index contributed by atoms with van der Waals surface area (Å²) >= 11 is 0. The van der Waals surface area contributed by atoms with Gasteiger partial charge in [0.2, 0.25) is 0 Å². The van der Waals surface area contributed by atoms with E-state index in [1.165, 1.54) is 0 Å². The fourth-order valence-corrected chi connectivity index (χ4v) is 3.33. The lowest BCUT2D eigenvalue weighted by molar-refractivity contribution is 0.0314. The van der Waals surface area contributed by atoms with Crippen molar-refractivity contribution in [3.8, 4) is 0 Å². The number of anilines is 1. The highest BCUT2D eigenvalue weighted by Crippen LogP contribution is 2.20. The van der Waals surface area contributed by atoms with Crippen LogP contribution in [0.25, 0.3) is 0 Å². The Kier molecular flexibility index (Phi) is 5.13. The van der Waals surface area contributed by atoms with Gasteiger partial charge in [-0.05, 0) is 38.3 Å². The molecule has 1 unspecified atom stereocenters. The first kappa shape index (κ1) is 16.2. The van der Waals surface area contributed by atoms with E-state index in [4.69, 9.17) is 4.74 Å². The lowest BCUT2D eigenvalue weighted by Gasteiger charge is -2.29. The smallest absolute Gasteiger partial charge is 0.321 e. The van der Waals surface area contributed by atoms with Crippen LogP contribution in [-0.2, 0) is 4.74 Å². The normalized spacial score (nSPS) is 22.3. The number of carbonyl (C=O) groups is 1. The Balaban J connectivity index is 1.50. The monoisotopic (exact) mass is 318 g/mol. The van der Waals surface area contributed by atoms with Crippen LogP contribution in [0.4, 0.5) is 10.5 Å². The predicted molar refractivity (Wildman–Crippen MR) is 89.7 cm³/mol. The van der Waals surface area contributed by atoms with Crippen LogP contribution in [0.5, 0.6) is 0 Å². The van der Waals surface area contributed by atoms with Gasteiger partial charge in [0.15, 0.2) is 0 Å². The lowest BCUT2D eigenvalue weighted by atomic mass is 10.1. The standard InChI is InChI=1S/C17H26N4O2/c1-13-3-4-16(14(2)18-13)19-17(22)21-6-5-15(12-21)11-20-7-9-23-10-8-20/h3-4,15H,5-12H2,1-2H3,(H,19,22). The molecule has 0 aliphatic carbocycles. The fourth-order valence-electron chi connectivity index (χ4n) is 3.33. The molecule has 0 radical (unpaired) electrons. The summed E-state index contributed by atoms with van der Waals surface area (Å²) < 4.78 is 5.39. The summed E-state index contributed by atoms with van der Waals surface area (Å²) in [6, 6.07) is 3.84. The number of likely N-dealkylation sites (tertiary alicyclic amines) is 1. The second-order valence-electron chi connectivity index (χ2n) is 6.53. The maximum atomic E-state index is 12.4. The fraction of sp³-hybridized carbons (Fsp3) is 0.647. The molecule has 6 nitrogen and oxygen atoms in total. The van der Waals surface area contributed by atoms with Crippen molar-refractivity contribution in [2.75, 3.05) is 51.3 Å². The summed E-state index contributed by atoms with van der Waals surface area (Å²) in [5.74, 6) is 0.566. The van der Waals surface area contributed by atoms with Gasteiger partial charge in [0.1, 0.15) is 0 Å². The van der Waals surface area contributed by atoms with Gasteiger partial charge in [0.05, 0.1) is 24.6 Å². The minimum atomic E-state index is -0.0109. The highest BCUT2D eigenvalue weighted by atomic mass is 16.5. The van der Waals surface area contributed by atoms with E-state index >= 15 is 0 Å². The van der Waals surface area contributed by atoms with Gasteiger partial charge in [-0.3, -0.25) is 9.88 Å². The zero-order chi connectivity index (χ0) is 16.2. The summed E-state index contributed by atoms with van der Waals surface area (Å²) in [5.41, 5.74) is 2.63. The van der Waals surface area contributed by atoms with Crippen molar-refractivity contribution in [3.05, 3.63) is 23.5 Å². The van der Waals surface area contributed by atoms with E-state index in [0.717, 1.165) is 69.4 Å². The average Bonchev–Trinajstić information content (AvgIpc) is 3.00. The number of aryl methyl sites for hydroxylation is 2. The topological polar surface area (TPSA) is 57.7 Å². The van der Waals surface area contributed by atoms with Crippen LogP contribution in [0.15, 0.2) is 12.1 Å². The number of carbonyl (C=O) groups excluding carboxylic acids is 1. The van der Waals surface area contributed by atoms with Crippen molar-refractivity contribution >= 4 is 11.7 Å². The highest BCUT2D eigenvalue weighted by molar-refractivity contribution is 5.90. The van der Waals surface area contributed by atoms with Crippen molar-refractivity contribution in [3.63, 3.8) is 0 Å². The quantitative estimate of drug-likeness (QED) is 0.924. The van der Waals surface area contributed by atoms with E-state index in [2.05, 4.69) is 15.2 Å². The van der Waals surface area contributed by atoms with Gasteiger partial charge in [-0.2, -0.15) is 0 Å². The molecule has 2 fully saturated rings. The maximum absolute atomic E-state index is 12.4. The Morgan fingerprint density at radius 1 is 1.30 bits per heavy atom. The Hall–Kier alpha value is -1.66. The number of aromatic nitrogens is 1. The molecule has 126 valence electrons. The first-order valence-electron chi connectivity index (χ1n) is 8.42. The number of pyridine rings is 1. The molecule has 2 aliphatic heterocycles. The third-order valence-electron chi connectivity index (χ3n) is 4.66. The van der Waals surface area contributed by atoms with E-state index in [0.29, 0.717) is 5.92 Å². The molecule has 2 aliphatic rings. The van der Waals surface area contributed by atoms with Crippen LogP contribution in [-0.4, -0.2) is 66.8 Å². The first-order chi connectivity index (χ1) is 11.1. The molecule has 3 heterocycles. The van der Waals surface area contributed by atoms with Gasteiger partial charge in [0, 0.05) is 38.4 Å². The number of hydrogen-bond acceptors (Lipinski definition) is 4. The molecule has 3 rings (SSSR count). The van der Waals surface area contributed by atoms with Crippen molar-refractivity contribution in [1.29, 1.82) is 0 Å². The average molecular weight is 318 g/mol. The number of nitrogens with one attached hydrogen (secondary N) is 1. The molecule has 1 aromatic heterocycles. The minimum Gasteiger partial charge on any atom is -0.379 e. The molecule has 0 bridgehead atoms. The van der Waals surface area contributed by atoms with Gasteiger partial charge in [-0.1, -0.05) is 0 Å². The number of urea groups is 1. The van der Waals surface area contributed by atoms with Crippen LogP contribution in [0, 0.1) is 19.8 Å². The predicted octanol–water partition coefficient (Wildman–Crippen LogP) is 1.88. The van der Waals surface area contributed by atoms with Crippen LogP contribution in [0.2, 0.25) is 0 Å². The second-order valence-corrected chi connectivity index (χ2v) is 6.53. The number of amides is 2. The van der Waals surface area contributed by atoms with Gasteiger partial charge in [0.25, 0.3) is 0 Å². The lowest BCUT2D eigenvalue weighted by Crippen LogP contribution is -2.40. The van der Waals surface area contributed by atoms with Crippen LogP contribution < -0.4 is 5.32 Å². The van der Waals surface area contributed by atoms with E-state index in [-0.39, 0.29) is 6.03 Å². The maximum Gasteiger partial charge on any atom is 0.321 e. The van der Waals surface area contributed by atoms with Gasteiger partial charge >= 0.3 is 6.03 Å². The third kappa shape index (κ3) is 4.20. The van der Waals surface area contributed by atoms with Gasteiger partial charge < -0.3 is 15.0 Å². The van der Waals surface area contributed by atoms with Crippen molar-refractivity contribution in [2.24, 2.45) is 5.92 Å². The van der Waals surface area contributed by atoms with Gasteiger partial charge in [-0.25, -0.2) is 4.79 Å². The molecular formula is C17H26N4O2. The summed E-state index contributed by atoms with van der Waals surface area (Å²) in [6.45, 7) is 10.3.